The monoisotopic (exact) mass is 334 g/mol. The first kappa shape index (κ1) is 14.3. The van der Waals surface area contributed by atoms with Crippen LogP contribution in [0.5, 0.6) is 0 Å². The van der Waals surface area contributed by atoms with Gasteiger partial charge >= 0.3 is 0 Å². The molecule has 100 valence electrons. The highest BCUT2D eigenvalue weighted by molar-refractivity contribution is 9.10. The molecule has 1 aliphatic heterocycles. The number of halogens is 3. The van der Waals surface area contributed by atoms with E-state index in [9.17, 15) is 4.39 Å². The molecule has 0 saturated carbocycles. The van der Waals surface area contributed by atoms with Crippen LogP contribution in [0.4, 0.5) is 4.39 Å². The second-order valence-electron chi connectivity index (χ2n) is 4.45. The molecule has 1 heterocycles. The summed E-state index contributed by atoms with van der Waals surface area (Å²) in [5.74, 6) is 0. The summed E-state index contributed by atoms with van der Waals surface area (Å²) in [6.45, 7) is 3.57. The number of hydrogen-bond acceptors (Lipinski definition) is 2. The standard InChI is InChI=1S/C13H17BrClFN2/c14-11-9-10(1-2-12(11)15)13(3-4-16)18-7-5-17-6-8-18/h1-2,9,13,17H,3-8H2/t13-/m0/s1. The number of alkyl halides is 1. The molecule has 1 aromatic rings. The van der Waals surface area contributed by atoms with Crippen molar-refractivity contribution in [3.8, 4) is 0 Å². The van der Waals surface area contributed by atoms with E-state index in [1.165, 1.54) is 0 Å². The molecule has 1 saturated heterocycles. The normalized spacial score (nSPS) is 18.8. The van der Waals surface area contributed by atoms with Crippen molar-refractivity contribution in [1.29, 1.82) is 0 Å². The summed E-state index contributed by atoms with van der Waals surface area (Å²) in [6.07, 6.45) is 0.536. The largest absolute Gasteiger partial charge is 0.314 e. The lowest BCUT2D eigenvalue weighted by Gasteiger charge is -2.35. The molecular weight excluding hydrogens is 319 g/mol. The summed E-state index contributed by atoms with van der Waals surface area (Å²) in [5, 5.41) is 4.01. The zero-order valence-electron chi connectivity index (χ0n) is 10.1. The van der Waals surface area contributed by atoms with E-state index < -0.39 is 0 Å². The van der Waals surface area contributed by atoms with Crippen molar-refractivity contribution >= 4 is 27.5 Å². The van der Waals surface area contributed by atoms with Gasteiger partial charge in [0, 0.05) is 36.7 Å². The highest BCUT2D eigenvalue weighted by Crippen LogP contribution is 2.30. The van der Waals surface area contributed by atoms with Crippen LogP contribution in [0.1, 0.15) is 18.0 Å². The van der Waals surface area contributed by atoms with E-state index in [4.69, 9.17) is 11.6 Å². The fourth-order valence-corrected chi connectivity index (χ4v) is 2.89. The van der Waals surface area contributed by atoms with Crippen molar-refractivity contribution in [2.45, 2.75) is 12.5 Å². The van der Waals surface area contributed by atoms with E-state index in [-0.39, 0.29) is 12.7 Å². The van der Waals surface area contributed by atoms with Crippen LogP contribution < -0.4 is 5.32 Å². The molecular formula is C13H17BrClFN2. The third-order valence-corrected chi connectivity index (χ3v) is 4.52. The molecule has 1 N–H and O–H groups in total. The van der Waals surface area contributed by atoms with Crippen molar-refractivity contribution in [3.05, 3.63) is 33.3 Å². The van der Waals surface area contributed by atoms with Crippen LogP contribution in [-0.2, 0) is 0 Å². The van der Waals surface area contributed by atoms with Crippen molar-refractivity contribution in [1.82, 2.24) is 10.2 Å². The van der Waals surface area contributed by atoms with E-state index >= 15 is 0 Å². The van der Waals surface area contributed by atoms with Gasteiger partial charge in [-0.2, -0.15) is 0 Å². The number of hydrogen-bond donors (Lipinski definition) is 1. The quantitative estimate of drug-likeness (QED) is 0.907. The lowest BCUT2D eigenvalue weighted by molar-refractivity contribution is 0.157. The van der Waals surface area contributed by atoms with Gasteiger partial charge in [0.2, 0.25) is 0 Å². The third-order valence-electron chi connectivity index (χ3n) is 3.30. The minimum absolute atomic E-state index is 0.144. The molecule has 2 nitrogen and oxygen atoms in total. The predicted molar refractivity (Wildman–Crippen MR) is 76.9 cm³/mol. The van der Waals surface area contributed by atoms with Crippen LogP contribution >= 0.6 is 27.5 Å². The summed E-state index contributed by atoms with van der Waals surface area (Å²) in [5.41, 5.74) is 1.13. The topological polar surface area (TPSA) is 15.3 Å². The zero-order chi connectivity index (χ0) is 13.0. The molecule has 1 aromatic carbocycles. The molecule has 0 unspecified atom stereocenters. The first-order valence-corrected chi connectivity index (χ1v) is 7.35. The van der Waals surface area contributed by atoms with Crippen molar-refractivity contribution < 1.29 is 4.39 Å². The molecule has 0 aliphatic carbocycles. The minimum atomic E-state index is -0.297. The van der Waals surface area contributed by atoms with Gasteiger partial charge in [0.05, 0.1) is 11.7 Å². The van der Waals surface area contributed by atoms with Crippen molar-refractivity contribution in [2.75, 3.05) is 32.9 Å². The maximum atomic E-state index is 12.8. The Kier molecular flexibility index (Phi) is 5.42. The summed E-state index contributed by atoms with van der Waals surface area (Å²) in [6, 6.07) is 6.01. The van der Waals surface area contributed by atoms with Gasteiger partial charge in [0.25, 0.3) is 0 Å². The summed E-state index contributed by atoms with van der Waals surface area (Å²) < 4.78 is 13.7. The van der Waals surface area contributed by atoms with Crippen LogP contribution in [0.2, 0.25) is 5.02 Å². The molecule has 0 aromatic heterocycles. The van der Waals surface area contributed by atoms with Crippen LogP contribution in [0.25, 0.3) is 0 Å². The second kappa shape index (κ2) is 6.85. The smallest absolute Gasteiger partial charge is 0.0912 e. The number of benzene rings is 1. The lowest BCUT2D eigenvalue weighted by atomic mass is 10.0. The molecule has 0 bridgehead atoms. The molecule has 0 amide bonds. The number of rotatable bonds is 4. The van der Waals surface area contributed by atoms with Crippen molar-refractivity contribution in [2.24, 2.45) is 0 Å². The van der Waals surface area contributed by atoms with Gasteiger partial charge in [-0.25, -0.2) is 0 Å². The third kappa shape index (κ3) is 3.44. The lowest BCUT2D eigenvalue weighted by Crippen LogP contribution is -2.45. The van der Waals surface area contributed by atoms with E-state index in [2.05, 4.69) is 26.1 Å². The SMILES string of the molecule is FCC[C@@H](c1ccc(Cl)c(Br)c1)N1CCNCC1. The average Bonchev–Trinajstić information content (AvgIpc) is 2.40. The summed E-state index contributed by atoms with van der Waals surface area (Å²) >= 11 is 9.44. The van der Waals surface area contributed by atoms with Crippen LogP contribution in [-0.4, -0.2) is 37.8 Å². The molecule has 0 radical (unpaired) electrons. The summed E-state index contributed by atoms with van der Waals surface area (Å²) in [4.78, 5) is 2.34. The second-order valence-corrected chi connectivity index (χ2v) is 5.71. The molecule has 1 atom stereocenters. The number of piperazine rings is 1. The Labute approximate surface area is 121 Å². The molecule has 2 rings (SSSR count). The Hall–Kier alpha value is -0.160. The van der Waals surface area contributed by atoms with E-state index in [1.807, 2.05) is 18.2 Å². The van der Waals surface area contributed by atoms with Gasteiger partial charge in [-0.1, -0.05) is 17.7 Å². The van der Waals surface area contributed by atoms with Crippen LogP contribution in [0, 0.1) is 0 Å². The number of nitrogens with zero attached hydrogens (tertiary/aromatic N) is 1. The first-order chi connectivity index (χ1) is 8.72. The van der Waals surface area contributed by atoms with E-state index in [1.54, 1.807) is 0 Å². The molecule has 5 heteroatoms. The molecule has 1 fully saturated rings. The molecule has 18 heavy (non-hydrogen) atoms. The van der Waals surface area contributed by atoms with Gasteiger partial charge in [-0.3, -0.25) is 9.29 Å². The average molecular weight is 336 g/mol. The van der Waals surface area contributed by atoms with Crippen LogP contribution in [0.15, 0.2) is 22.7 Å². The van der Waals surface area contributed by atoms with Gasteiger partial charge in [0.15, 0.2) is 0 Å². The van der Waals surface area contributed by atoms with E-state index in [0.717, 1.165) is 36.2 Å². The number of nitrogens with one attached hydrogen (secondary N) is 1. The van der Waals surface area contributed by atoms with Gasteiger partial charge in [-0.15, -0.1) is 0 Å². The Morgan fingerprint density at radius 1 is 1.39 bits per heavy atom. The molecule has 1 aliphatic rings. The fraction of sp³-hybridized carbons (Fsp3) is 0.538. The first-order valence-electron chi connectivity index (χ1n) is 6.18. The minimum Gasteiger partial charge on any atom is -0.314 e. The zero-order valence-corrected chi connectivity index (χ0v) is 12.5. The highest BCUT2D eigenvalue weighted by atomic mass is 79.9. The van der Waals surface area contributed by atoms with Crippen molar-refractivity contribution in [3.63, 3.8) is 0 Å². The Balaban J connectivity index is 2.19. The Bertz CT molecular complexity index is 397. The Morgan fingerprint density at radius 2 is 2.11 bits per heavy atom. The van der Waals surface area contributed by atoms with Gasteiger partial charge < -0.3 is 5.32 Å². The Morgan fingerprint density at radius 3 is 2.72 bits per heavy atom. The maximum absolute atomic E-state index is 12.8. The van der Waals surface area contributed by atoms with Gasteiger partial charge in [0.1, 0.15) is 0 Å². The maximum Gasteiger partial charge on any atom is 0.0912 e. The van der Waals surface area contributed by atoms with E-state index in [0.29, 0.717) is 11.4 Å². The van der Waals surface area contributed by atoms with Gasteiger partial charge in [-0.05, 0) is 40.0 Å². The highest BCUT2D eigenvalue weighted by Gasteiger charge is 2.22. The van der Waals surface area contributed by atoms with Crippen LogP contribution in [0.3, 0.4) is 0 Å². The summed E-state index contributed by atoms with van der Waals surface area (Å²) in [7, 11) is 0. The fourth-order valence-electron chi connectivity index (χ4n) is 2.38. The molecule has 0 spiro atoms. The predicted octanol–water partition coefficient (Wildman–Crippen LogP) is 3.41.